The molecule has 0 spiro atoms. The molecule has 4 rings (SSSR count). The number of hydrogen-bond donors (Lipinski definition) is 2. The maximum absolute atomic E-state index is 10.8. The zero-order valence-corrected chi connectivity index (χ0v) is 13.6. The summed E-state index contributed by atoms with van der Waals surface area (Å²) >= 11 is 0. The highest BCUT2D eigenvalue weighted by Gasteiger charge is 2.16. The second-order valence-electron chi connectivity index (χ2n) is 5.93. The Bertz CT molecular complexity index is 1060. The molecule has 0 amide bonds. The van der Waals surface area contributed by atoms with Crippen molar-refractivity contribution in [2.45, 2.75) is 26.2 Å². The van der Waals surface area contributed by atoms with Gasteiger partial charge in [-0.3, -0.25) is 9.89 Å². The fourth-order valence-electron chi connectivity index (χ4n) is 2.75. The number of aromatic nitrogens is 6. The summed E-state index contributed by atoms with van der Waals surface area (Å²) in [7, 11) is 0. The van der Waals surface area contributed by atoms with Crippen molar-refractivity contribution in [2.24, 2.45) is 0 Å². The van der Waals surface area contributed by atoms with Gasteiger partial charge >= 0.3 is 5.97 Å². The van der Waals surface area contributed by atoms with E-state index >= 15 is 0 Å². The number of nitrogens with zero attached hydrogens (tertiary/aromatic N) is 5. The Morgan fingerprint density at radius 2 is 2.04 bits per heavy atom. The number of fused-ring (bicyclic) bond motifs is 3. The van der Waals surface area contributed by atoms with Gasteiger partial charge in [-0.15, -0.1) is 5.10 Å². The molecular formula is C17H16N6O2. The smallest absolute Gasteiger partial charge is 0.303 e. The average Bonchev–Trinajstić information content (AvgIpc) is 3.21. The Labute approximate surface area is 142 Å². The van der Waals surface area contributed by atoms with E-state index in [1.807, 2.05) is 31.2 Å². The summed E-state index contributed by atoms with van der Waals surface area (Å²) < 4.78 is 1.69. The van der Waals surface area contributed by atoms with Crippen LogP contribution in [0, 0.1) is 6.92 Å². The van der Waals surface area contributed by atoms with Crippen LogP contribution in [0.5, 0.6) is 0 Å². The normalized spacial score (nSPS) is 11.4. The Kier molecular flexibility index (Phi) is 3.64. The van der Waals surface area contributed by atoms with Crippen LogP contribution in [0.4, 0.5) is 0 Å². The zero-order chi connectivity index (χ0) is 17.4. The van der Waals surface area contributed by atoms with Crippen LogP contribution in [0.1, 0.15) is 24.2 Å². The summed E-state index contributed by atoms with van der Waals surface area (Å²) in [4.78, 5) is 19.9. The molecule has 3 aromatic heterocycles. The van der Waals surface area contributed by atoms with Crippen molar-refractivity contribution in [3.05, 3.63) is 41.9 Å². The standard InChI is InChI=1S/C17H16N6O2/c1-10-5-7-11(8-6-10)15-20-17-12-9-18-21-16(12)19-13(23(17)22-15)3-2-4-14(24)25/h5-9H,2-4H2,1H3,(H,18,21)(H,24,25). The first-order valence-electron chi connectivity index (χ1n) is 8.00. The van der Waals surface area contributed by atoms with Gasteiger partial charge in [0.2, 0.25) is 0 Å². The molecule has 0 bridgehead atoms. The molecule has 0 aliphatic heterocycles. The Morgan fingerprint density at radius 3 is 2.80 bits per heavy atom. The number of nitrogens with one attached hydrogen (secondary N) is 1. The predicted octanol–water partition coefficient (Wildman–Crippen LogP) is 2.38. The first kappa shape index (κ1) is 15.3. The molecule has 0 atom stereocenters. The molecule has 25 heavy (non-hydrogen) atoms. The summed E-state index contributed by atoms with van der Waals surface area (Å²) in [5.41, 5.74) is 3.31. The minimum atomic E-state index is -0.823. The molecule has 0 radical (unpaired) electrons. The van der Waals surface area contributed by atoms with Crippen molar-refractivity contribution < 1.29 is 9.90 Å². The van der Waals surface area contributed by atoms with E-state index in [1.54, 1.807) is 10.7 Å². The second-order valence-corrected chi connectivity index (χ2v) is 5.93. The molecule has 0 fully saturated rings. The molecule has 3 heterocycles. The van der Waals surface area contributed by atoms with Gasteiger partial charge in [-0.05, 0) is 13.3 Å². The van der Waals surface area contributed by atoms with Crippen molar-refractivity contribution in [1.29, 1.82) is 0 Å². The van der Waals surface area contributed by atoms with Crippen molar-refractivity contribution in [2.75, 3.05) is 0 Å². The van der Waals surface area contributed by atoms with Gasteiger partial charge in [0.1, 0.15) is 5.82 Å². The predicted molar refractivity (Wildman–Crippen MR) is 91.2 cm³/mol. The summed E-state index contributed by atoms with van der Waals surface area (Å²) in [6, 6.07) is 7.99. The van der Waals surface area contributed by atoms with E-state index in [4.69, 9.17) is 5.11 Å². The molecule has 0 unspecified atom stereocenters. The van der Waals surface area contributed by atoms with Crippen molar-refractivity contribution in [1.82, 2.24) is 29.8 Å². The van der Waals surface area contributed by atoms with E-state index in [1.165, 1.54) is 5.56 Å². The van der Waals surface area contributed by atoms with Crippen LogP contribution in [0.3, 0.4) is 0 Å². The van der Waals surface area contributed by atoms with Crippen LogP contribution >= 0.6 is 0 Å². The molecule has 8 heteroatoms. The van der Waals surface area contributed by atoms with Crippen LogP contribution in [-0.4, -0.2) is 40.9 Å². The highest BCUT2D eigenvalue weighted by Crippen LogP contribution is 2.22. The zero-order valence-electron chi connectivity index (χ0n) is 13.6. The van der Waals surface area contributed by atoms with E-state index in [0.29, 0.717) is 35.8 Å². The maximum atomic E-state index is 10.8. The number of H-pyrrole nitrogens is 1. The van der Waals surface area contributed by atoms with Gasteiger partial charge in [0.15, 0.2) is 17.1 Å². The van der Waals surface area contributed by atoms with E-state index in [0.717, 1.165) is 10.9 Å². The van der Waals surface area contributed by atoms with Crippen molar-refractivity contribution in [3.8, 4) is 11.4 Å². The van der Waals surface area contributed by atoms with E-state index in [2.05, 4.69) is 25.3 Å². The quantitative estimate of drug-likeness (QED) is 0.579. The lowest BCUT2D eigenvalue weighted by molar-refractivity contribution is -0.137. The van der Waals surface area contributed by atoms with Gasteiger partial charge in [0.25, 0.3) is 0 Å². The van der Waals surface area contributed by atoms with Gasteiger partial charge in [-0.1, -0.05) is 29.8 Å². The van der Waals surface area contributed by atoms with Gasteiger partial charge in [-0.25, -0.2) is 9.97 Å². The first-order valence-corrected chi connectivity index (χ1v) is 8.00. The van der Waals surface area contributed by atoms with Crippen molar-refractivity contribution in [3.63, 3.8) is 0 Å². The van der Waals surface area contributed by atoms with Gasteiger partial charge in [0, 0.05) is 24.6 Å². The number of aromatic amines is 1. The summed E-state index contributed by atoms with van der Waals surface area (Å²) in [6.07, 6.45) is 2.79. The number of carboxylic acids is 1. The number of carbonyl (C=O) groups is 1. The van der Waals surface area contributed by atoms with Crippen molar-refractivity contribution >= 4 is 22.6 Å². The van der Waals surface area contributed by atoms with Crippen LogP contribution in [-0.2, 0) is 11.2 Å². The highest BCUT2D eigenvalue weighted by molar-refractivity contribution is 5.89. The third kappa shape index (κ3) is 2.82. The molecule has 1 aromatic carbocycles. The monoisotopic (exact) mass is 336 g/mol. The van der Waals surface area contributed by atoms with Crippen LogP contribution in [0.15, 0.2) is 30.5 Å². The van der Waals surface area contributed by atoms with E-state index in [-0.39, 0.29) is 6.42 Å². The largest absolute Gasteiger partial charge is 0.481 e. The average molecular weight is 336 g/mol. The lowest BCUT2D eigenvalue weighted by Crippen LogP contribution is -2.05. The number of rotatable bonds is 5. The summed E-state index contributed by atoms with van der Waals surface area (Å²) in [6.45, 7) is 2.03. The fraction of sp³-hybridized carbons (Fsp3) is 0.235. The van der Waals surface area contributed by atoms with Gasteiger partial charge in [-0.2, -0.15) is 9.61 Å². The number of hydrogen-bond acceptors (Lipinski definition) is 5. The molecule has 8 nitrogen and oxygen atoms in total. The second kappa shape index (κ2) is 5.97. The van der Waals surface area contributed by atoms with Crippen LogP contribution in [0.2, 0.25) is 0 Å². The molecule has 0 aliphatic carbocycles. The molecule has 126 valence electrons. The minimum absolute atomic E-state index is 0.0846. The summed E-state index contributed by atoms with van der Waals surface area (Å²) in [5, 5.41) is 21.2. The lowest BCUT2D eigenvalue weighted by atomic mass is 10.1. The van der Waals surface area contributed by atoms with Crippen LogP contribution < -0.4 is 0 Å². The minimum Gasteiger partial charge on any atom is -0.481 e. The van der Waals surface area contributed by atoms with E-state index < -0.39 is 5.97 Å². The molecular weight excluding hydrogens is 320 g/mol. The summed E-state index contributed by atoms with van der Waals surface area (Å²) in [5.74, 6) is 0.438. The maximum Gasteiger partial charge on any atom is 0.303 e. The topological polar surface area (TPSA) is 109 Å². The fourth-order valence-corrected chi connectivity index (χ4v) is 2.75. The molecule has 0 aliphatic rings. The third-order valence-electron chi connectivity index (χ3n) is 4.05. The molecule has 0 saturated heterocycles. The van der Waals surface area contributed by atoms with Gasteiger partial charge in [0.05, 0.1) is 5.39 Å². The Balaban J connectivity index is 1.83. The number of aliphatic carboxylic acids is 1. The lowest BCUT2D eigenvalue weighted by Gasteiger charge is -2.02. The SMILES string of the molecule is Cc1ccc(-c2nc3c4c[nH]nc4nc(CCCC(=O)O)n3n2)cc1. The molecule has 2 N–H and O–H groups in total. The Morgan fingerprint density at radius 1 is 1.24 bits per heavy atom. The van der Waals surface area contributed by atoms with Crippen LogP contribution in [0.25, 0.3) is 28.1 Å². The third-order valence-corrected chi connectivity index (χ3v) is 4.05. The molecule has 0 saturated carbocycles. The highest BCUT2D eigenvalue weighted by atomic mass is 16.4. The first-order chi connectivity index (χ1) is 12.1. The Hall–Kier alpha value is -3.29. The number of aryl methyl sites for hydroxylation is 2. The number of benzene rings is 1. The number of carboxylic acid groups (broad SMARTS) is 1. The van der Waals surface area contributed by atoms with E-state index in [9.17, 15) is 4.79 Å². The molecule has 4 aromatic rings. The van der Waals surface area contributed by atoms with Gasteiger partial charge < -0.3 is 5.11 Å².